The summed E-state index contributed by atoms with van der Waals surface area (Å²) in [7, 11) is 0. The van der Waals surface area contributed by atoms with Gasteiger partial charge in [0.1, 0.15) is 5.75 Å². The third kappa shape index (κ3) is 4.77. The highest BCUT2D eigenvalue weighted by atomic mass is 35.5. The maximum Gasteiger partial charge on any atom is 0.308 e. The molecule has 0 bridgehead atoms. The van der Waals surface area contributed by atoms with E-state index in [0.29, 0.717) is 22.1 Å². The van der Waals surface area contributed by atoms with E-state index in [1.54, 1.807) is 48.5 Å². The lowest BCUT2D eigenvalue weighted by Crippen LogP contribution is -2.25. The molecular weight excluding hydrogens is 372 g/mol. The van der Waals surface area contributed by atoms with Crippen molar-refractivity contribution in [3.63, 3.8) is 0 Å². The highest BCUT2D eigenvalue weighted by Crippen LogP contribution is 2.27. The van der Waals surface area contributed by atoms with Crippen molar-refractivity contribution >= 4 is 40.8 Å². The molecule has 1 aliphatic rings. The molecule has 7 nitrogen and oxygen atoms in total. The number of nitrogens with zero attached hydrogens (tertiary/aromatic N) is 1. The normalized spacial score (nSPS) is 16.3. The molecule has 1 aliphatic heterocycles. The van der Waals surface area contributed by atoms with E-state index in [1.165, 1.54) is 4.90 Å². The molecule has 0 spiro atoms. The molecule has 0 radical (unpaired) electrons. The zero-order valence-corrected chi connectivity index (χ0v) is 15.0. The molecular formula is C19H17ClN2O5. The maximum absolute atomic E-state index is 12.0. The fourth-order valence-electron chi connectivity index (χ4n) is 2.72. The minimum absolute atomic E-state index is 0.00153. The van der Waals surface area contributed by atoms with Crippen LogP contribution in [0.4, 0.5) is 11.4 Å². The number of benzene rings is 2. The number of hydrogen-bond donors (Lipinski definition) is 2. The molecule has 2 N–H and O–H groups in total. The van der Waals surface area contributed by atoms with Crippen LogP contribution in [0, 0.1) is 5.92 Å². The van der Waals surface area contributed by atoms with Gasteiger partial charge in [0, 0.05) is 29.4 Å². The Hall–Kier alpha value is -3.06. The third-order valence-corrected chi connectivity index (χ3v) is 4.37. The van der Waals surface area contributed by atoms with Crippen LogP contribution in [-0.2, 0) is 14.4 Å². The van der Waals surface area contributed by atoms with Crippen LogP contribution >= 0.6 is 11.6 Å². The molecule has 1 atom stereocenters. The lowest BCUT2D eigenvalue weighted by molar-refractivity contribution is -0.141. The van der Waals surface area contributed by atoms with Crippen molar-refractivity contribution < 1.29 is 24.2 Å². The summed E-state index contributed by atoms with van der Waals surface area (Å²) in [6.07, 6.45) is -0.00153. The maximum atomic E-state index is 12.0. The predicted octanol–water partition coefficient (Wildman–Crippen LogP) is 2.80. The number of nitrogens with one attached hydrogen (secondary N) is 1. The Bertz CT molecular complexity index is 851. The number of anilines is 2. The Kier molecular flexibility index (Phi) is 5.61. The van der Waals surface area contributed by atoms with Crippen LogP contribution in [0.2, 0.25) is 5.02 Å². The number of carbonyl (C=O) groups is 3. The summed E-state index contributed by atoms with van der Waals surface area (Å²) >= 11 is 5.79. The average Bonchev–Trinajstić information content (AvgIpc) is 3.04. The molecule has 140 valence electrons. The zero-order chi connectivity index (χ0) is 19.4. The Labute approximate surface area is 160 Å². The van der Waals surface area contributed by atoms with E-state index in [4.69, 9.17) is 21.4 Å². The molecule has 1 saturated heterocycles. The number of carbonyl (C=O) groups excluding carboxylic acids is 2. The molecule has 8 heteroatoms. The van der Waals surface area contributed by atoms with E-state index in [2.05, 4.69) is 5.32 Å². The van der Waals surface area contributed by atoms with Crippen molar-refractivity contribution in [1.29, 1.82) is 0 Å². The molecule has 3 rings (SSSR count). The van der Waals surface area contributed by atoms with E-state index < -0.39 is 11.9 Å². The Balaban J connectivity index is 1.53. The monoisotopic (exact) mass is 388 g/mol. The van der Waals surface area contributed by atoms with Gasteiger partial charge in [0.05, 0.1) is 5.92 Å². The second kappa shape index (κ2) is 8.09. The number of hydrogen-bond acceptors (Lipinski definition) is 4. The summed E-state index contributed by atoms with van der Waals surface area (Å²) in [6, 6.07) is 13.3. The zero-order valence-electron chi connectivity index (χ0n) is 14.2. The summed E-state index contributed by atoms with van der Waals surface area (Å²) in [5.74, 6) is -1.74. The van der Waals surface area contributed by atoms with Gasteiger partial charge in [-0.1, -0.05) is 11.6 Å². The molecule has 1 fully saturated rings. The fraction of sp³-hybridized carbons (Fsp3) is 0.211. The quantitative estimate of drug-likeness (QED) is 0.793. The van der Waals surface area contributed by atoms with E-state index in [-0.39, 0.29) is 31.4 Å². The van der Waals surface area contributed by atoms with Crippen LogP contribution in [0.25, 0.3) is 0 Å². The molecule has 0 saturated carbocycles. The Morgan fingerprint density at radius 2 is 1.81 bits per heavy atom. The Morgan fingerprint density at radius 3 is 2.41 bits per heavy atom. The largest absolute Gasteiger partial charge is 0.484 e. The Morgan fingerprint density at radius 1 is 1.15 bits per heavy atom. The van der Waals surface area contributed by atoms with Gasteiger partial charge in [-0.2, -0.15) is 0 Å². The van der Waals surface area contributed by atoms with Crippen LogP contribution in [0.3, 0.4) is 0 Å². The molecule has 0 aliphatic carbocycles. The topological polar surface area (TPSA) is 95.9 Å². The molecule has 2 amide bonds. The third-order valence-electron chi connectivity index (χ3n) is 4.12. The van der Waals surface area contributed by atoms with E-state index in [9.17, 15) is 14.4 Å². The summed E-state index contributed by atoms with van der Waals surface area (Å²) in [4.78, 5) is 36.3. The minimum atomic E-state index is -0.975. The number of carboxylic acid groups (broad SMARTS) is 1. The summed E-state index contributed by atoms with van der Waals surface area (Å²) in [6.45, 7) is -0.0242. The average molecular weight is 389 g/mol. The van der Waals surface area contributed by atoms with Crippen molar-refractivity contribution in [3.8, 4) is 5.75 Å². The van der Waals surface area contributed by atoms with Gasteiger partial charge in [0.15, 0.2) is 6.61 Å². The van der Waals surface area contributed by atoms with E-state index in [1.807, 2.05) is 0 Å². The van der Waals surface area contributed by atoms with E-state index in [0.717, 1.165) is 0 Å². The van der Waals surface area contributed by atoms with Gasteiger partial charge in [-0.05, 0) is 48.5 Å². The van der Waals surface area contributed by atoms with Gasteiger partial charge in [-0.25, -0.2) is 0 Å². The number of carboxylic acids is 1. The van der Waals surface area contributed by atoms with Gasteiger partial charge in [-0.15, -0.1) is 0 Å². The molecule has 2 aromatic rings. The van der Waals surface area contributed by atoms with Crippen molar-refractivity contribution in [1.82, 2.24) is 0 Å². The number of halogens is 1. The van der Waals surface area contributed by atoms with E-state index >= 15 is 0 Å². The number of amides is 2. The number of ether oxygens (including phenoxy) is 1. The second-order valence-corrected chi connectivity index (χ2v) is 6.52. The minimum Gasteiger partial charge on any atom is -0.484 e. The van der Waals surface area contributed by atoms with Gasteiger partial charge < -0.3 is 20.1 Å². The number of rotatable bonds is 6. The van der Waals surface area contributed by atoms with Gasteiger partial charge in [-0.3, -0.25) is 14.4 Å². The highest BCUT2D eigenvalue weighted by molar-refractivity contribution is 6.30. The first-order chi connectivity index (χ1) is 12.9. The SMILES string of the molecule is O=C(COc1ccc(N2C[C@H](C(=O)O)CC2=O)cc1)Nc1ccc(Cl)cc1. The first kappa shape index (κ1) is 18.7. The summed E-state index contributed by atoms with van der Waals surface area (Å²) < 4.78 is 5.43. The number of aliphatic carboxylic acids is 1. The van der Waals surface area contributed by atoms with Crippen molar-refractivity contribution in [2.45, 2.75) is 6.42 Å². The molecule has 1 heterocycles. The van der Waals surface area contributed by atoms with Crippen LogP contribution < -0.4 is 15.0 Å². The predicted molar refractivity (Wildman–Crippen MR) is 100 cm³/mol. The summed E-state index contributed by atoms with van der Waals surface area (Å²) in [5, 5.41) is 12.3. The van der Waals surface area contributed by atoms with Crippen molar-refractivity contribution in [3.05, 3.63) is 53.6 Å². The van der Waals surface area contributed by atoms with Crippen LogP contribution in [-0.4, -0.2) is 36.0 Å². The standard InChI is InChI=1S/C19H17ClN2O5/c20-13-1-3-14(4-2-13)21-17(23)11-27-16-7-5-15(6-8-16)22-10-12(19(25)26)9-18(22)24/h1-8,12H,9-11H2,(H,21,23)(H,25,26)/t12-/m1/s1. The molecule has 0 unspecified atom stereocenters. The second-order valence-electron chi connectivity index (χ2n) is 6.08. The highest BCUT2D eigenvalue weighted by Gasteiger charge is 2.34. The lowest BCUT2D eigenvalue weighted by atomic mass is 10.1. The smallest absolute Gasteiger partial charge is 0.308 e. The van der Waals surface area contributed by atoms with Crippen LogP contribution in [0.5, 0.6) is 5.75 Å². The molecule has 27 heavy (non-hydrogen) atoms. The van der Waals surface area contributed by atoms with Gasteiger partial charge in [0.2, 0.25) is 5.91 Å². The lowest BCUT2D eigenvalue weighted by Gasteiger charge is -2.16. The van der Waals surface area contributed by atoms with Crippen LogP contribution in [0.1, 0.15) is 6.42 Å². The molecule has 0 aromatic heterocycles. The summed E-state index contributed by atoms with van der Waals surface area (Å²) in [5.41, 5.74) is 1.21. The molecule has 2 aromatic carbocycles. The fourth-order valence-corrected chi connectivity index (χ4v) is 2.85. The van der Waals surface area contributed by atoms with Crippen molar-refractivity contribution in [2.24, 2.45) is 5.92 Å². The first-order valence-electron chi connectivity index (χ1n) is 8.24. The van der Waals surface area contributed by atoms with Gasteiger partial charge in [0.25, 0.3) is 5.91 Å². The first-order valence-corrected chi connectivity index (χ1v) is 8.61. The van der Waals surface area contributed by atoms with Gasteiger partial charge >= 0.3 is 5.97 Å². The van der Waals surface area contributed by atoms with Crippen LogP contribution in [0.15, 0.2) is 48.5 Å². The van der Waals surface area contributed by atoms with Crippen molar-refractivity contribution in [2.75, 3.05) is 23.4 Å².